The lowest BCUT2D eigenvalue weighted by atomic mass is 10.1. The first kappa shape index (κ1) is 16.1. The maximum Gasteiger partial charge on any atom is 0.265 e. The number of carbonyl (C=O) groups excluding carboxylic acids is 1. The number of rotatable bonds is 7. The summed E-state index contributed by atoms with van der Waals surface area (Å²) in [6.07, 6.45) is 4.63. The zero-order valence-electron chi connectivity index (χ0n) is 13.6. The summed E-state index contributed by atoms with van der Waals surface area (Å²) >= 11 is 1.59. The summed E-state index contributed by atoms with van der Waals surface area (Å²) in [5, 5.41) is 1.24. The van der Waals surface area contributed by atoms with Gasteiger partial charge in [-0.2, -0.15) is 0 Å². The van der Waals surface area contributed by atoms with Gasteiger partial charge in [0.25, 0.3) is 5.91 Å². The topological polar surface area (TPSA) is 49.6 Å². The van der Waals surface area contributed by atoms with E-state index in [1.165, 1.54) is 23.4 Å². The lowest BCUT2D eigenvalue weighted by molar-refractivity contribution is 0.0833. The van der Waals surface area contributed by atoms with Crippen molar-refractivity contribution in [3.8, 4) is 0 Å². The van der Waals surface area contributed by atoms with Crippen LogP contribution in [0.5, 0.6) is 0 Å². The predicted molar refractivity (Wildman–Crippen MR) is 91.5 cm³/mol. The third kappa shape index (κ3) is 3.34. The van der Waals surface area contributed by atoms with Crippen molar-refractivity contribution in [1.29, 1.82) is 0 Å². The van der Waals surface area contributed by atoms with E-state index in [9.17, 15) is 4.79 Å². The van der Waals surface area contributed by atoms with Crippen LogP contribution in [0.3, 0.4) is 0 Å². The number of nitrogen functional groups attached to an aromatic ring is 1. The Morgan fingerprint density at radius 3 is 2.24 bits per heavy atom. The van der Waals surface area contributed by atoms with E-state index in [-0.39, 0.29) is 5.91 Å². The van der Waals surface area contributed by atoms with Crippen molar-refractivity contribution < 1.29 is 4.79 Å². The van der Waals surface area contributed by atoms with Gasteiger partial charge >= 0.3 is 0 Å². The fourth-order valence-corrected chi connectivity index (χ4v) is 4.04. The molecule has 0 aromatic carbocycles. The van der Waals surface area contributed by atoms with E-state index in [4.69, 9.17) is 5.73 Å². The van der Waals surface area contributed by atoms with Gasteiger partial charge in [-0.15, -0.1) is 11.3 Å². The first-order chi connectivity index (χ1) is 10.0. The zero-order valence-corrected chi connectivity index (χ0v) is 14.4. The lowest BCUT2D eigenvalue weighted by Crippen LogP contribution is -2.24. The highest BCUT2D eigenvalue weighted by Gasteiger charge is 2.34. The molecule has 1 aromatic heterocycles. The third-order valence-electron chi connectivity index (χ3n) is 3.82. The van der Waals surface area contributed by atoms with Crippen LogP contribution in [0.1, 0.15) is 60.7 Å². The molecular weight excluding hydrogens is 282 g/mol. The fourth-order valence-electron chi connectivity index (χ4n) is 2.66. The van der Waals surface area contributed by atoms with E-state index in [0.717, 1.165) is 31.6 Å². The van der Waals surface area contributed by atoms with Crippen LogP contribution in [0.15, 0.2) is 0 Å². The van der Waals surface area contributed by atoms with E-state index < -0.39 is 0 Å². The number of amides is 1. The summed E-state index contributed by atoms with van der Waals surface area (Å²) < 4.78 is 0. The van der Waals surface area contributed by atoms with Crippen LogP contribution in [0.25, 0.3) is 0 Å². The van der Waals surface area contributed by atoms with Gasteiger partial charge in [-0.3, -0.25) is 4.79 Å². The Labute approximate surface area is 131 Å². The Balaban J connectivity index is 2.43. The van der Waals surface area contributed by atoms with E-state index >= 15 is 0 Å². The van der Waals surface area contributed by atoms with Gasteiger partial charge in [0, 0.05) is 32.7 Å². The van der Waals surface area contributed by atoms with E-state index in [1.807, 2.05) is 0 Å². The smallest absolute Gasteiger partial charge is 0.265 e. The normalized spacial score (nSPS) is 14.3. The Hall–Kier alpha value is -1.23. The average molecular weight is 309 g/mol. The van der Waals surface area contributed by atoms with Gasteiger partial charge in [0.05, 0.1) is 10.7 Å². The molecule has 1 heterocycles. The number of thiophene rings is 1. The molecule has 1 aliphatic rings. The highest BCUT2D eigenvalue weighted by Crippen LogP contribution is 2.52. The van der Waals surface area contributed by atoms with E-state index in [0.29, 0.717) is 10.8 Å². The summed E-state index contributed by atoms with van der Waals surface area (Å²) in [6, 6.07) is 0. The molecule has 5 heteroatoms. The molecule has 1 amide bonds. The van der Waals surface area contributed by atoms with Gasteiger partial charge in [0.1, 0.15) is 4.88 Å². The second-order valence-corrected chi connectivity index (χ2v) is 7.02. The summed E-state index contributed by atoms with van der Waals surface area (Å²) in [6.45, 7) is 6.46. The van der Waals surface area contributed by atoms with Crippen LogP contribution in [0.4, 0.5) is 10.7 Å². The number of hydrogen-bond acceptors (Lipinski definition) is 4. The molecule has 0 saturated heterocycles. The molecule has 21 heavy (non-hydrogen) atoms. The predicted octanol–water partition coefficient (Wildman–Crippen LogP) is 3.54. The van der Waals surface area contributed by atoms with Gasteiger partial charge < -0.3 is 15.5 Å². The molecule has 2 rings (SSSR count). The van der Waals surface area contributed by atoms with Crippen molar-refractivity contribution in [3.05, 3.63) is 10.4 Å². The minimum absolute atomic E-state index is 0.0265. The van der Waals surface area contributed by atoms with Crippen molar-refractivity contribution in [2.75, 3.05) is 37.8 Å². The largest absolute Gasteiger partial charge is 0.397 e. The number of carbonyl (C=O) groups is 1. The molecular formula is C16H27N3OS. The lowest BCUT2D eigenvalue weighted by Gasteiger charge is -2.23. The SMILES string of the molecule is CCCN(CCC)c1sc(C(=O)N(C)C)c(N)c1C1CC1. The van der Waals surface area contributed by atoms with Crippen LogP contribution < -0.4 is 10.6 Å². The van der Waals surface area contributed by atoms with Crippen molar-refractivity contribution >= 4 is 27.9 Å². The minimum Gasteiger partial charge on any atom is -0.397 e. The van der Waals surface area contributed by atoms with Crippen LogP contribution in [0, 0.1) is 0 Å². The minimum atomic E-state index is 0.0265. The maximum atomic E-state index is 12.4. The monoisotopic (exact) mass is 309 g/mol. The standard InChI is InChI=1S/C16H27N3OS/c1-5-9-19(10-6-2)16-12(11-7-8-11)13(17)14(21-16)15(20)18(3)4/h11H,5-10,17H2,1-4H3. The molecule has 1 fully saturated rings. The van der Waals surface area contributed by atoms with Crippen molar-refractivity contribution in [3.63, 3.8) is 0 Å². The summed E-state index contributed by atoms with van der Waals surface area (Å²) in [4.78, 5) is 17.1. The van der Waals surface area contributed by atoms with Crippen molar-refractivity contribution in [2.24, 2.45) is 0 Å². The summed E-state index contributed by atoms with van der Waals surface area (Å²) in [7, 11) is 3.57. The molecule has 0 atom stereocenters. The van der Waals surface area contributed by atoms with Gasteiger partial charge in [-0.1, -0.05) is 13.8 Å². The number of anilines is 2. The molecule has 1 saturated carbocycles. The molecule has 1 aromatic rings. The molecule has 4 nitrogen and oxygen atoms in total. The third-order valence-corrected chi connectivity index (χ3v) is 5.09. The Morgan fingerprint density at radius 2 is 1.81 bits per heavy atom. The number of nitrogens with two attached hydrogens (primary N) is 1. The van der Waals surface area contributed by atoms with Crippen molar-refractivity contribution in [1.82, 2.24) is 4.90 Å². The quantitative estimate of drug-likeness (QED) is 0.838. The second kappa shape index (κ2) is 6.69. The molecule has 0 radical (unpaired) electrons. The van der Waals surface area contributed by atoms with E-state index in [1.54, 1.807) is 30.3 Å². The average Bonchev–Trinajstić information content (AvgIpc) is 3.21. The molecule has 118 valence electrons. The molecule has 1 aliphatic carbocycles. The zero-order chi connectivity index (χ0) is 15.6. The highest BCUT2D eigenvalue weighted by molar-refractivity contribution is 7.18. The van der Waals surface area contributed by atoms with E-state index in [2.05, 4.69) is 18.7 Å². The molecule has 0 spiro atoms. The van der Waals surface area contributed by atoms with Crippen LogP contribution in [-0.2, 0) is 0 Å². The first-order valence-electron chi connectivity index (χ1n) is 7.89. The maximum absolute atomic E-state index is 12.4. The summed E-state index contributed by atoms with van der Waals surface area (Å²) in [5.41, 5.74) is 8.32. The molecule has 2 N–H and O–H groups in total. The van der Waals surface area contributed by atoms with Gasteiger partial charge in [0.15, 0.2) is 0 Å². The van der Waals surface area contributed by atoms with Crippen LogP contribution in [0.2, 0.25) is 0 Å². The first-order valence-corrected chi connectivity index (χ1v) is 8.71. The van der Waals surface area contributed by atoms with Crippen LogP contribution >= 0.6 is 11.3 Å². The fraction of sp³-hybridized carbons (Fsp3) is 0.688. The van der Waals surface area contributed by atoms with Gasteiger partial charge in [-0.25, -0.2) is 0 Å². The second-order valence-electron chi connectivity index (χ2n) is 6.02. The summed E-state index contributed by atoms with van der Waals surface area (Å²) in [5.74, 6) is 0.592. The van der Waals surface area contributed by atoms with Gasteiger partial charge in [-0.05, 0) is 31.6 Å². The Kier molecular flexibility index (Phi) is 5.14. The Bertz CT molecular complexity index is 500. The van der Waals surface area contributed by atoms with Crippen LogP contribution in [-0.4, -0.2) is 38.0 Å². The highest BCUT2D eigenvalue weighted by atomic mass is 32.1. The molecule has 0 unspecified atom stereocenters. The molecule has 0 bridgehead atoms. The van der Waals surface area contributed by atoms with Gasteiger partial charge in [0.2, 0.25) is 0 Å². The number of hydrogen-bond donors (Lipinski definition) is 1. The molecule has 0 aliphatic heterocycles. The Morgan fingerprint density at radius 1 is 1.24 bits per heavy atom. The van der Waals surface area contributed by atoms with Crippen molar-refractivity contribution in [2.45, 2.75) is 45.4 Å². The number of nitrogens with zero attached hydrogens (tertiary/aromatic N) is 2.